The molecule has 0 aromatic carbocycles. The highest BCUT2D eigenvalue weighted by atomic mass is 35.5. The van der Waals surface area contributed by atoms with Crippen molar-refractivity contribution in [2.24, 2.45) is 0 Å². The van der Waals surface area contributed by atoms with Gasteiger partial charge in [-0.3, -0.25) is 0 Å². The van der Waals surface area contributed by atoms with Crippen LogP contribution in [0.3, 0.4) is 0 Å². The Balaban J connectivity index is 0.000000263. The van der Waals surface area contributed by atoms with Crippen LogP contribution in [0, 0.1) is 0 Å². The molecule has 3 aromatic rings. The SMILES string of the molecule is CCCN(C)c1cc(Cl)ncn1.CCCN(C)c1ccnc(Cl)n1.CCCNc1ccnc(Cl)n1. The van der Waals surface area contributed by atoms with E-state index in [1.165, 1.54) is 6.33 Å². The van der Waals surface area contributed by atoms with Crippen molar-refractivity contribution in [3.8, 4) is 0 Å². The van der Waals surface area contributed by atoms with Gasteiger partial charge in [0.05, 0.1) is 0 Å². The minimum absolute atomic E-state index is 0.283. The zero-order chi connectivity index (χ0) is 26.1. The smallest absolute Gasteiger partial charge is 0.224 e. The maximum atomic E-state index is 5.71. The maximum absolute atomic E-state index is 5.71. The summed E-state index contributed by atoms with van der Waals surface area (Å²) in [6.45, 7) is 9.21. The number of nitrogens with zero attached hydrogens (tertiary/aromatic N) is 8. The van der Waals surface area contributed by atoms with Crippen LogP contribution >= 0.6 is 34.8 Å². The summed E-state index contributed by atoms with van der Waals surface area (Å²) < 4.78 is 0. The van der Waals surface area contributed by atoms with Gasteiger partial charge in [0.1, 0.15) is 28.9 Å². The monoisotopic (exact) mass is 541 g/mol. The lowest BCUT2D eigenvalue weighted by Gasteiger charge is -2.16. The molecular formula is C23H34Cl3N9. The summed E-state index contributed by atoms with van der Waals surface area (Å²) in [7, 11) is 3.98. The molecule has 9 nitrogen and oxygen atoms in total. The van der Waals surface area contributed by atoms with Crippen LogP contribution in [0.5, 0.6) is 0 Å². The number of anilines is 3. The van der Waals surface area contributed by atoms with E-state index in [-0.39, 0.29) is 5.28 Å². The van der Waals surface area contributed by atoms with Gasteiger partial charge >= 0.3 is 0 Å². The number of hydrogen-bond acceptors (Lipinski definition) is 9. The van der Waals surface area contributed by atoms with Crippen LogP contribution in [0.15, 0.2) is 36.9 Å². The fraction of sp³-hybridized carbons (Fsp3) is 0.478. The molecule has 3 heterocycles. The average Bonchev–Trinajstić information content (AvgIpc) is 2.84. The molecule has 12 heteroatoms. The van der Waals surface area contributed by atoms with E-state index < -0.39 is 0 Å². The second-order valence-corrected chi connectivity index (χ2v) is 8.43. The van der Waals surface area contributed by atoms with Crippen molar-refractivity contribution in [3.05, 3.63) is 52.6 Å². The minimum Gasteiger partial charge on any atom is -0.370 e. The molecule has 0 aliphatic heterocycles. The van der Waals surface area contributed by atoms with Crippen LogP contribution in [0.4, 0.5) is 17.5 Å². The summed E-state index contributed by atoms with van der Waals surface area (Å²) in [5, 5.41) is 4.17. The first-order valence-electron chi connectivity index (χ1n) is 11.4. The predicted molar refractivity (Wildman–Crippen MR) is 147 cm³/mol. The number of rotatable bonds is 9. The Kier molecular flexibility index (Phi) is 15.6. The molecule has 35 heavy (non-hydrogen) atoms. The lowest BCUT2D eigenvalue weighted by Crippen LogP contribution is -2.18. The molecule has 1 N–H and O–H groups in total. The highest BCUT2D eigenvalue weighted by molar-refractivity contribution is 6.29. The first-order chi connectivity index (χ1) is 16.8. The quantitative estimate of drug-likeness (QED) is 0.262. The topological polar surface area (TPSA) is 95.9 Å². The first-order valence-corrected chi connectivity index (χ1v) is 12.5. The number of nitrogens with one attached hydrogen (secondary N) is 1. The standard InChI is InChI=1S/2C8H12ClN3.C7H10ClN3/c1-3-6-12(2)7-4-5-10-8(9)11-7;1-3-4-12(2)8-5-7(9)10-6-11-8;1-2-4-9-6-3-5-10-7(8)11-6/h4-5H,3,6H2,1-2H3;5-6H,3-4H2,1-2H3;3,5H,2,4H2,1H3,(H,9,10,11). The zero-order valence-electron chi connectivity index (χ0n) is 20.9. The second-order valence-electron chi connectivity index (χ2n) is 7.36. The third-order valence-electron chi connectivity index (χ3n) is 4.31. The number of aromatic nitrogens is 6. The molecular weight excluding hydrogens is 509 g/mol. The van der Waals surface area contributed by atoms with Gasteiger partial charge in [-0.25, -0.2) is 29.9 Å². The van der Waals surface area contributed by atoms with Gasteiger partial charge in [0.15, 0.2) is 0 Å². The first kappa shape index (κ1) is 30.5. The van der Waals surface area contributed by atoms with Gasteiger partial charge in [-0.15, -0.1) is 0 Å². The molecule has 0 fully saturated rings. The highest BCUT2D eigenvalue weighted by Crippen LogP contribution is 2.12. The zero-order valence-corrected chi connectivity index (χ0v) is 23.2. The number of hydrogen-bond donors (Lipinski definition) is 1. The molecule has 0 bridgehead atoms. The summed E-state index contributed by atoms with van der Waals surface area (Å²) in [6.07, 6.45) is 8.03. The maximum Gasteiger partial charge on any atom is 0.224 e. The van der Waals surface area contributed by atoms with Crippen LogP contribution in [-0.2, 0) is 0 Å². The van der Waals surface area contributed by atoms with Crippen molar-refractivity contribution in [3.63, 3.8) is 0 Å². The van der Waals surface area contributed by atoms with Crippen molar-refractivity contribution < 1.29 is 0 Å². The van der Waals surface area contributed by atoms with Crippen LogP contribution in [0.25, 0.3) is 0 Å². The molecule has 0 amide bonds. The van der Waals surface area contributed by atoms with Gasteiger partial charge in [-0.1, -0.05) is 32.4 Å². The minimum atomic E-state index is 0.283. The van der Waals surface area contributed by atoms with E-state index in [4.69, 9.17) is 34.8 Å². The molecule has 192 valence electrons. The Morgan fingerprint density at radius 2 is 1.34 bits per heavy atom. The largest absolute Gasteiger partial charge is 0.370 e. The Morgan fingerprint density at radius 1 is 0.743 bits per heavy atom. The second kappa shape index (κ2) is 17.9. The van der Waals surface area contributed by atoms with E-state index >= 15 is 0 Å². The van der Waals surface area contributed by atoms with E-state index in [0.717, 1.165) is 56.4 Å². The fourth-order valence-electron chi connectivity index (χ4n) is 2.66. The van der Waals surface area contributed by atoms with Crippen molar-refractivity contribution in [2.75, 3.05) is 48.8 Å². The van der Waals surface area contributed by atoms with E-state index in [1.807, 2.05) is 30.0 Å². The molecule has 0 radical (unpaired) electrons. The van der Waals surface area contributed by atoms with E-state index in [0.29, 0.717) is 10.4 Å². The molecule has 0 unspecified atom stereocenters. The fourth-order valence-corrected chi connectivity index (χ4v) is 3.09. The lowest BCUT2D eigenvalue weighted by molar-refractivity contribution is 0.834. The Hall–Kier alpha value is -2.49. The van der Waals surface area contributed by atoms with Crippen LogP contribution in [0.2, 0.25) is 15.7 Å². The molecule has 0 aliphatic carbocycles. The number of halogens is 3. The Morgan fingerprint density at radius 3 is 1.89 bits per heavy atom. The van der Waals surface area contributed by atoms with Crippen molar-refractivity contribution in [2.45, 2.75) is 40.0 Å². The van der Waals surface area contributed by atoms with E-state index in [2.05, 4.69) is 56.0 Å². The third-order valence-corrected chi connectivity index (χ3v) is 4.88. The normalized spacial score (nSPS) is 9.83. The van der Waals surface area contributed by atoms with E-state index in [9.17, 15) is 0 Å². The molecule has 0 atom stereocenters. The summed E-state index contributed by atoms with van der Waals surface area (Å²) in [6, 6.07) is 5.40. The highest BCUT2D eigenvalue weighted by Gasteiger charge is 2.02. The Bertz CT molecular complexity index is 925. The van der Waals surface area contributed by atoms with Crippen LogP contribution < -0.4 is 15.1 Å². The van der Waals surface area contributed by atoms with Crippen molar-refractivity contribution in [1.29, 1.82) is 0 Å². The molecule has 0 saturated carbocycles. The molecule has 0 saturated heterocycles. The summed E-state index contributed by atoms with van der Waals surface area (Å²) in [5.74, 6) is 2.53. The molecule has 3 aromatic heterocycles. The van der Waals surface area contributed by atoms with Gasteiger partial charge in [-0.05, 0) is 54.6 Å². The van der Waals surface area contributed by atoms with E-state index in [1.54, 1.807) is 24.5 Å². The Labute approximate surface area is 223 Å². The average molecular weight is 543 g/mol. The summed E-state index contributed by atoms with van der Waals surface area (Å²) >= 11 is 16.9. The van der Waals surface area contributed by atoms with Gasteiger partial charge in [0, 0.05) is 52.2 Å². The van der Waals surface area contributed by atoms with Gasteiger partial charge in [0.2, 0.25) is 10.6 Å². The lowest BCUT2D eigenvalue weighted by atomic mass is 10.4. The molecule has 0 aliphatic rings. The van der Waals surface area contributed by atoms with Crippen molar-refractivity contribution >= 4 is 52.3 Å². The molecule has 0 spiro atoms. The summed E-state index contributed by atoms with van der Waals surface area (Å²) in [4.78, 5) is 27.6. The van der Waals surface area contributed by atoms with Crippen LogP contribution in [0.1, 0.15) is 40.0 Å². The summed E-state index contributed by atoms with van der Waals surface area (Å²) in [5.41, 5.74) is 0. The van der Waals surface area contributed by atoms with Gasteiger partial charge in [0.25, 0.3) is 0 Å². The van der Waals surface area contributed by atoms with Gasteiger partial charge in [-0.2, -0.15) is 0 Å². The van der Waals surface area contributed by atoms with Crippen LogP contribution in [-0.4, -0.2) is 63.6 Å². The van der Waals surface area contributed by atoms with Crippen molar-refractivity contribution in [1.82, 2.24) is 29.9 Å². The third kappa shape index (κ3) is 13.2. The molecule has 3 rings (SSSR count). The van der Waals surface area contributed by atoms with Gasteiger partial charge < -0.3 is 15.1 Å². The predicted octanol–water partition coefficient (Wildman–Crippen LogP) is 5.90.